The molecule has 0 fully saturated rings. The number of para-hydroxylation sites is 1. The first kappa shape index (κ1) is 16.0. The molecule has 1 aromatic rings. The summed E-state index contributed by atoms with van der Waals surface area (Å²) in [6.07, 6.45) is 2.15. The molecule has 0 saturated carbocycles. The van der Waals surface area contributed by atoms with Crippen LogP contribution in [0, 0.1) is 0 Å². The van der Waals surface area contributed by atoms with Crippen LogP contribution >= 0.6 is 0 Å². The van der Waals surface area contributed by atoms with E-state index in [0.717, 1.165) is 31.7 Å². The highest BCUT2D eigenvalue weighted by Crippen LogP contribution is 2.29. The standard InChI is InChI=1S/C17H29NO/c1-6-12-18-13-17(5,7-2)19-16-11-9-8-10-15(16)14(3)4/h8-11,14,18H,6-7,12-13H2,1-5H3. The molecule has 0 aliphatic heterocycles. The Morgan fingerprint density at radius 3 is 2.47 bits per heavy atom. The summed E-state index contributed by atoms with van der Waals surface area (Å²) in [5, 5.41) is 3.47. The van der Waals surface area contributed by atoms with Gasteiger partial charge in [-0.15, -0.1) is 0 Å². The third-order valence-electron chi connectivity index (χ3n) is 3.57. The van der Waals surface area contributed by atoms with E-state index in [1.54, 1.807) is 0 Å². The Hall–Kier alpha value is -1.02. The minimum atomic E-state index is -0.139. The van der Waals surface area contributed by atoms with Gasteiger partial charge in [0.15, 0.2) is 0 Å². The highest BCUT2D eigenvalue weighted by atomic mass is 16.5. The highest BCUT2D eigenvalue weighted by Gasteiger charge is 2.25. The zero-order valence-corrected chi connectivity index (χ0v) is 13.1. The first-order valence-electron chi connectivity index (χ1n) is 7.51. The van der Waals surface area contributed by atoms with Gasteiger partial charge in [0.05, 0.1) is 0 Å². The Morgan fingerprint density at radius 1 is 1.21 bits per heavy atom. The van der Waals surface area contributed by atoms with Crippen molar-refractivity contribution >= 4 is 0 Å². The normalized spacial score (nSPS) is 14.4. The third kappa shape index (κ3) is 4.87. The zero-order valence-electron chi connectivity index (χ0n) is 13.1. The van der Waals surface area contributed by atoms with Gasteiger partial charge in [-0.25, -0.2) is 0 Å². The lowest BCUT2D eigenvalue weighted by Crippen LogP contribution is -2.43. The lowest BCUT2D eigenvalue weighted by atomic mass is 10.00. The molecule has 1 rings (SSSR count). The number of hydrogen-bond donors (Lipinski definition) is 1. The van der Waals surface area contributed by atoms with Gasteiger partial charge < -0.3 is 10.1 Å². The summed E-state index contributed by atoms with van der Waals surface area (Å²) in [5.41, 5.74) is 1.15. The van der Waals surface area contributed by atoms with Crippen molar-refractivity contribution in [3.05, 3.63) is 29.8 Å². The number of ether oxygens (including phenoxy) is 1. The van der Waals surface area contributed by atoms with E-state index < -0.39 is 0 Å². The molecule has 0 amide bonds. The summed E-state index contributed by atoms with van der Waals surface area (Å²) in [5.74, 6) is 1.51. The molecule has 1 N–H and O–H groups in total. The van der Waals surface area contributed by atoms with Gasteiger partial charge in [-0.3, -0.25) is 0 Å². The van der Waals surface area contributed by atoms with Crippen LogP contribution in [0.2, 0.25) is 0 Å². The third-order valence-corrected chi connectivity index (χ3v) is 3.57. The fraction of sp³-hybridized carbons (Fsp3) is 0.647. The molecule has 2 heteroatoms. The van der Waals surface area contributed by atoms with Crippen LogP contribution in [0.25, 0.3) is 0 Å². The second-order valence-corrected chi connectivity index (χ2v) is 5.77. The molecule has 1 unspecified atom stereocenters. The molecule has 0 spiro atoms. The Bertz CT molecular complexity index is 375. The van der Waals surface area contributed by atoms with Crippen molar-refractivity contribution in [1.82, 2.24) is 5.32 Å². The number of hydrogen-bond acceptors (Lipinski definition) is 2. The van der Waals surface area contributed by atoms with E-state index in [-0.39, 0.29) is 5.60 Å². The molecular formula is C17H29NO. The first-order valence-corrected chi connectivity index (χ1v) is 7.51. The lowest BCUT2D eigenvalue weighted by molar-refractivity contribution is 0.0823. The van der Waals surface area contributed by atoms with E-state index in [1.165, 1.54) is 5.56 Å². The maximum atomic E-state index is 6.33. The monoisotopic (exact) mass is 263 g/mol. The largest absolute Gasteiger partial charge is 0.486 e. The molecule has 19 heavy (non-hydrogen) atoms. The SMILES string of the molecule is CCCNCC(C)(CC)Oc1ccccc1C(C)C. The van der Waals surface area contributed by atoms with Gasteiger partial charge in [0.2, 0.25) is 0 Å². The van der Waals surface area contributed by atoms with Gasteiger partial charge in [0.1, 0.15) is 11.4 Å². The Labute approximate surface area is 118 Å². The van der Waals surface area contributed by atoms with Crippen molar-refractivity contribution in [3.8, 4) is 5.75 Å². The van der Waals surface area contributed by atoms with Crippen molar-refractivity contribution in [2.24, 2.45) is 0 Å². The summed E-state index contributed by atoms with van der Waals surface area (Å²) >= 11 is 0. The highest BCUT2D eigenvalue weighted by molar-refractivity contribution is 5.36. The summed E-state index contributed by atoms with van der Waals surface area (Å²) < 4.78 is 6.33. The predicted octanol–water partition coefficient (Wildman–Crippen LogP) is 4.36. The van der Waals surface area contributed by atoms with Crippen molar-refractivity contribution in [3.63, 3.8) is 0 Å². The van der Waals surface area contributed by atoms with Crippen molar-refractivity contribution < 1.29 is 4.74 Å². The molecular weight excluding hydrogens is 234 g/mol. The summed E-state index contributed by atoms with van der Waals surface area (Å²) in [6, 6.07) is 8.39. The molecule has 2 nitrogen and oxygen atoms in total. The van der Waals surface area contributed by atoms with E-state index in [4.69, 9.17) is 4.74 Å². The maximum absolute atomic E-state index is 6.33. The topological polar surface area (TPSA) is 21.3 Å². The minimum Gasteiger partial charge on any atom is -0.486 e. The fourth-order valence-corrected chi connectivity index (χ4v) is 2.08. The molecule has 0 aromatic heterocycles. The van der Waals surface area contributed by atoms with Crippen LogP contribution in [0.4, 0.5) is 0 Å². The van der Waals surface area contributed by atoms with Crippen LogP contribution in [-0.2, 0) is 0 Å². The van der Waals surface area contributed by atoms with E-state index in [2.05, 4.69) is 64.2 Å². The van der Waals surface area contributed by atoms with E-state index in [9.17, 15) is 0 Å². The smallest absolute Gasteiger partial charge is 0.123 e. The molecule has 0 radical (unpaired) electrons. The van der Waals surface area contributed by atoms with Gasteiger partial charge >= 0.3 is 0 Å². The average Bonchev–Trinajstić information content (AvgIpc) is 2.39. The minimum absolute atomic E-state index is 0.139. The molecule has 0 aliphatic carbocycles. The zero-order chi connectivity index (χ0) is 14.3. The van der Waals surface area contributed by atoms with Gasteiger partial charge in [0.25, 0.3) is 0 Å². The maximum Gasteiger partial charge on any atom is 0.123 e. The van der Waals surface area contributed by atoms with Crippen LogP contribution in [0.15, 0.2) is 24.3 Å². The predicted molar refractivity (Wildman–Crippen MR) is 83.0 cm³/mol. The van der Waals surface area contributed by atoms with E-state index >= 15 is 0 Å². The van der Waals surface area contributed by atoms with Gasteiger partial charge in [0, 0.05) is 6.54 Å². The van der Waals surface area contributed by atoms with Crippen LogP contribution in [0.3, 0.4) is 0 Å². The van der Waals surface area contributed by atoms with Crippen LogP contribution in [0.5, 0.6) is 5.75 Å². The lowest BCUT2D eigenvalue weighted by Gasteiger charge is -2.31. The molecule has 1 aromatic carbocycles. The molecule has 0 saturated heterocycles. The van der Waals surface area contributed by atoms with Crippen LogP contribution < -0.4 is 10.1 Å². The van der Waals surface area contributed by atoms with Crippen molar-refractivity contribution in [1.29, 1.82) is 0 Å². The van der Waals surface area contributed by atoms with Gasteiger partial charge in [-0.1, -0.05) is 45.9 Å². The van der Waals surface area contributed by atoms with Crippen LogP contribution in [-0.4, -0.2) is 18.7 Å². The second kappa shape index (κ2) is 7.54. The van der Waals surface area contributed by atoms with Crippen molar-refractivity contribution in [2.45, 2.75) is 59.0 Å². The fourth-order valence-electron chi connectivity index (χ4n) is 2.08. The summed E-state index contributed by atoms with van der Waals surface area (Å²) in [4.78, 5) is 0. The van der Waals surface area contributed by atoms with E-state index in [1.807, 2.05) is 0 Å². The summed E-state index contributed by atoms with van der Waals surface area (Å²) in [6.45, 7) is 12.9. The summed E-state index contributed by atoms with van der Waals surface area (Å²) in [7, 11) is 0. The first-order chi connectivity index (χ1) is 9.02. The van der Waals surface area contributed by atoms with Crippen molar-refractivity contribution in [2.75, 3.05) is 13.1 Å². The average molecular weight is 263 g/mol. The molecule has 1 atom stereocenters. The Kier molecular flexibility index (Phi) is 6.36. The van der Waals surface area contributed by atoms with Gasteiger partial charge in [-0.05, 0) is 43.9 Å². The van der Waals surface area contributed by atoms with Gasteiger partial charge in [-0.2, -0.15) is 0 Å². The second-order valence-electron chi connectivity index (χ2n) is 5.77. The van der Waals surface area contributed by atoms with Crippen LogP contribution in [0.1, 0.15) is 58.9 Å². The molecule has 0 bridgehead atoms. The molecule has 0 heterocycles. The number of benzene rings is 1. The molecule has 108 valence electrons. The Morgan fingerprint density at radius 2 is 1.89 bits per heavy atom. The molecule has 0 aliphatic rings. The Balaban J connectivity index is 2.80. The quantitative estimate of drug-likeness (QED) is 0.704. The number of nitrogens with one attached hydrogen (secondary N) is 1. The number of rotatable bonds is 8. The van der Waals surface area contributed by atoms with E-state index in [0.29, 0.717) is 5.92 Å².